The highest BCUT2D eigenvalue weighted by Gasteiger charge is 2.43. The molecule has 0 saturated carbocycles. The van der Waals surface area contributed by atoms with Crippen LogP contribution in [0.4, 0.5) is 5.69 Å². The molecular formula is C50H56N6O9S. The fraction of sp³-hybridized carbons (Fsp3) is 0.420. The second-order valence-corrected chi connectivity index (χ2v) is 20.2. The van der Waals surface area contributed by atoms with E-state index in [0.29, 0.717) is 59.8 Å². The number of piperidine rings is 3. The van der Waals surface area contributed by atoms with Gasteiger partial charge in [0, 0.05) is 56.5 Å². The van der Waals surface area contributed by atoms with Crippen molar-refractivity contribution < 1.29 is 41.8 Å². The number of fused-ring (bicyclic) bond motifs is 2. The van der Waals surface area contributed by atoms with Crippen molar-refractivity contribution in [3.05, 3.63) is 107 Å². The molecule has 16 heteroatoms. The number of hydrogen-bond acceptors (Lipinski definition) is 12. The number of benzene rings is 4. The molecule has 346 valence electrons. The lowest BCUT2D eigenvalue weighted by molar-refractivity contribution is -0.134. The van der Waals surface area contributed by atoms with E-state index in [1.54, 1.807) is 35.0 Å². The van der Waals surface area contributed by atoms with Gasteiger partial charge in [-0.1, -0.05) is 18.2 Å². The Morgan fingerprint density at radius 3 is 2.17 bits per heavy atom. The lowest BCUT2D eigenvalue weighted by Gasteiger charge is -2.41. The van der Waals surface area contributed by atoms with Gasteiger partial charge < -0.3 is 19.1 Å². The molecule has 1 N–H and O–H groups in total. The number of anilines is 1. The molecule has 0 aliphatic carbocycles. The van der Waals surface area contributed by atoms with Crippen LogP contribution in [0.2, 0.25) is 0 Å². The first-order chi connectivity index (χ1) is 31.8. The molecule has 0 bridgehead atoms. The van der Waals surface area contributed by atoms with Crippen LogP contribution in [-0.4, -0.2) is 104 Å². The number of aryl methyl sites for hydroxylation is 1. The minimum absolute atomic E-state index is 0.245. The van der Waals surface area contributed by atoms with Gasteiger partial charge in [0.25, 0.3) is 11.8 Å². The van der Waals surface area contributed by atoms with Crippen LogP contribution in [0.3, 0.4) is 0 Å². The van der Waals surface area contributed by atoms with E-state index in [1.807, 2.05) is 50.4 Å². The van der Waals surface area contributed by atoms with Gasteiger partial charge in [-0.3, -0.25) is 39.0 Å². The Balaban J connectivity index is 0.769. The zero-order valence-electron chi connectivity index (χ0n) is 37.8. The van der Waals surface area contributed by atoms with Crippen molar-refractivity contribution in [2.24, 2.45) is 18.9 Å². The normalized spacial score (nSPS) is 19.3. The fourth-order valence-electron chi connectivity index (χ4n) is 10.3. The van der Waals surface area contributed by atoms with Gasteiger partial charge in [-0.05, 0) is 130 Å². The average molecular weight is 917 g/mol. The molecule has 3 fully saturated rings. The first-order valence-corrected chi connectivity index (χ1v) is 24.9. The second-order valence-electron chi connectivity index (χ2n) is 18.0. The number of nitrogens with one attached hydrogen (secondary N) is 1. The van der Waals surface area contributed by atoms with E-state index in [1.165, 1.54) is 12.7 Å². The van der Waals surface area contributed by atoms with Crippen LogP contribution in [0.25, 0.3) is 10.9 Å². The highest BCUT2D eigenvalue weighted by atomic mass is 32.2. The van der Waals surface area contributed by atoms with Gasteiger partial charge >= 0.3 is 0 Å². The van der Waals surface area contributed by atoms with Crippen LogP contribution >= 0.6 is 0 Å². The summed E-state index contributed by atoms with van der Waals surface area (Å²) in [6.45, 7) is 6.83. The van der Waals surface area contributed by atoms with E-state index in [0.717, 1.165) is 91.9 Å². The SMILES string of the molecule is CCOc1cc([C@@H](CS(C)(=O)=O)N2C(=O)c3ccc(N4CCC(C5CCN(Cc6ccc(Oc7ccc8c([C@H]9CCC(=O)NC9=O)nn(C)c8c7)cc6)CC5)CC4)cc3C2=O)ccc1OC. The highest BCUT2D eigenvalue weighted by molar-refractivity contribution is 7.90. The predicted octanol–water partition coefficient (Wildman–Crippen LogP) is 6.80. The highest BCUT2D eigenvalue weighted by Crippen LogP contribution is 2.40. The van der Waals surface area contributed by atoms with Crippen molar-refractivity contribution in [3.8, 4) is 23.0 Å². The molecule has 0 spiro atoms. The molecule has 9 rings (SSSR count). The third-order valence-corrected chi connectivity index (χ3v) is 14.7. The van der Waals surface area contributed by atoms with Crippen molar-refractivity contribution in [1.29, 1.82) is 0 Å². The first kappa shape index (κ1) is 44.9. The van der Waals surface area contributed by atoms with Crippen LogP contribution in [0, 0.1) is 11.8 Å². The van der Waals surface area contributed by atoms with Gasteiger partial charge in [0.15, 0.2) is 11.5 Å². The first-order valence-electron chi connectivity index (χ1n) is 22.8. The number of ether oxygens (including phenoxy) is 3. The summed E-state index contributed by atoms with van der Waals surface area (Å²) in [5.74, 6) is 1.09. The number of carbonyl (C=O) groups excluding carboxylic acids is 4. The van der Waals surface area contributed by atoms with Gasteiger partial charge in [0.05, 0.1) is 53.8 Å². The Labute approximate surface area is 384 Å². The van der Waals surface area contributed by atoms with Gasteiger partial charge in [-0.2, -0.15) is 5.10 Å². The van der Waals surface area contributed by atoms with Crippen molar-refractivity contribution in [3.63, 3.8) is 0 Å². The average Bonchev–Trinajstić information content (AvgIpc) is 3.76. The lowest BCUT2D eigenvalue weighted by atomic mass is 9.78. The van der Waals surface area contributed by atoms with E-state index < -0.39 is 39.4 Å². The Hall–Kier alpha value is -6.26. The van der Waals surface area contributed by atoms with E-state index in [4.69, 9.17) is 14.2 Å². The summed E-state index contributed by atoms with van der Waals surface area (Å²) in [5.41, 5.74) is 4.67. The van der Waals surface area contributed by atoms with E-state index in [-0.39, 0.29) is 22.9 Å². The Bertz CT molecular complexity index is 2790. The molecule has 4 amide bonds. The van der Waals surface area contributed by atoms with Crippen molar-refractivity contribution in [1.82, 2.24) is 24.9 Å². The van der Waals surface area contributed by atoms with Crippen LogP contribution < -0.4 is 24.4 Å². The van der Waals surface area contributed by atoms with E-state index >= 15 is 0 Å². The van der Waals surface area contributed by atoms with Gasteiger partial charge in [-0.15, -0.1) is 0 Å². The number of aromatic nitrogens is 2. The topological polar surface area (TPSA) is 170 Å². The van der Waals surface area contributed by atoms with Crippen LogP contribution in [0.15, 0.2) is 78.9 Å². The minimum Gasteiger partial charge on any atom is -0.493 e. The third kappa shape index (κ3) is 9.25. The van der Waals surface area contributed by atoms with Gasteiger partial charge in [0.2, 0.25) is 11.8 Å². The number of methoxy groups -OCH3 is 1. The molecule has 1 aromatic heterocycles. The van der Waals surface area contributed by atoms with Crippen molar-refractivity contribution >= 4 is 50.1 Å². The predicted molar refractivity (Wildman–Crippen MR) is 249 cm³/mol. The van der Waals surface area contributed by atoms with Crippen LogP contribution in [0.1, 0.15) is 94.9 Å². The Morgan fingerprint density at radius 2 is 1.48 bits per heavy atom. The van der Waals surface area contributed by atoms with Gasteiger partial charge in [-0.25, -0.2) is 8.42 Å². The van der Waals surface area contributed by atoms with Crippen LogP contribution in [-0.2, 0) is 33.0 Å². The number of imide groups is 2. The van der Waals surface area contributed by atoms with Crippen molar-refractivity contribution in [2.75, 3.05) is 56.8 Å². The monoisotopic (exact) mass is 916 g/mol. The zero-order chi connectivity index (χ0) is 46.3. The van der Waals surface area contributed by atoms with Crippen LogP contribution in [0.5, 0.6) is 23.0 Å². The molecule has 2 atom stereocenters. The maximum absolute atomic E-state index is 14.1. The molecule has 4 aromatic carbocycles. The molecule has 15 nitrogen and oxygen atoms in total. The minimum atomic E-state index is -3.61. The molecule has 5 aromatic rings. The Kier molecular flexibility index (Phi) is 12.6. The Morgan fingerprint density at radius 1 is 0.788 bits per heavy atom. The van der Waals surface area contributed by atoms with E-state index in [9.17, 15) is 27.6 Å². The van der Waals surface area contributed by atoms with E-state index in [2.05, 4.69) is 32.3 Å². The maximum atomic E-state index is 14.1. The summed E-state index contributed by atoms with van der Waals surface area (Å²) in [6, 6.07) is 23.3. The second kappa shape index (κ2) is 18.6. The summed E-state index contributed by atoms with van der Waals surface area (Å²) in [6.07, 6.45) is 6.24. The number of sulfone groups is 1. The number of nitrogens with zero attached hydrogens (tertiary/aromatic N) is 5. The number of carbonyl (C=O) groups is 4. The molecular weight excluding hydrogens is 861 g/mol. The number of rotatable bonds is 14. The number of likely N-dealkylation sites (tertiary alicyclic amines) is 1. The molecule has 4 aliphatic heterocycles. The number of amides is 4. The lowest BCUT2D eigenvalue weighted by Crippen LogP contribution is -2.40. The molecule has 66 heavy (non-hydrogen) atoms. The summed E-state index contributed by atoms with van der Waals surface area (Å²) in [7, 11) is -0.253. The number of hydrogen-bond donors (Lipinski definition) is 1. The summed E-state index contributed by atoms with van der Waals surface area (Å²) < 4.78 is 44.5. The smallest absolute Gasteiger partial charge is 0.262 e. The summed E-state index contributed by atoms with van der Waals surface area (Å²) in [5, 5.41) is 7.94. The largest absolute Gasteiger partial charge is 0.493 e. The van der Waals surface area contributed by atoms with Gasteiger partial charge in [0.1, 0.15) is 21.3 Å². The molecule has 0 unspecified atom stereocenters. The molecule has 0 radical (unpaired) electrons. The quantitative estimate of drug-likeness (QED) is 0.116. The fourth-order valence-corrected chi connectivity index (χ4v) is 11.2. The third-order valence-electron chi connectivity index (χ3n) is 13.7. The molecule has 4 aliphatic rings. The van der Waals surface area contributed by atoms with Crippen molar-refractivity contribution in [2.45, 2.75) is 64.0 Å². The molecule has 3 saturated heterocycles. The summed E-state index contributed by atoms with van der Waals surface area (Å²) >= 11 is 0. The standard InChI is InChI=1S/C50H56N6O9S/c1-5-64-45-26-34(8-16-44(45)63-3)43(30-66(4,61)62)56-49(59)38-13-9-35(27-41(38)50(56)60)55-24-20-33(21-25-55)32-18-22-54(23-19-32)29-31-6-10-36(11-7-31)65-37-12-14-39-42(28-37)53(2)52-47(39)40-15-17-46(57)51-48(40)58/h6-14,16,26-28,32-33,40,43H,5,15,17-25,29-30H2,1-4H3,(H,51,57,58)/t40-,43-/m1/s1. The molecule has 5 heterocycles. The maximum Gasteiger partial charge on any atom is 0.262 e. The zero-order valence-corrected chi connectivity index (χ0v) is 38.6. The summed E-state index contributed by atoms with van der Waals surface area (Å²) in [4.78, 5) is 58.1.